The summed E-state index contributed by atoms with van der Waals surface area (Å²) in [4.78, 5) is 10.4. The summed E-state index contributed by atoms with van der Waals surface area (Å²) in [6.07, 6.45) is 2.48. The van der Waals surface area contributed by atoms with E-state index in [0.717, 1.165) is 29.8 Å². The number of ether oxygens (including phenoxy) is 1. The fourth-order valence-corrected chi connectivity index (χ4v) is 2.39. The molecular formula is C15H12F2O3S. The number of aliphatic carboxylic acids is 1. The Hall–Kier alpha value is -2.21. The Labute approximate surface area is 124 Å². The van der Waals surface area contributed by atoms with E-state index in [-0.39, 0.29) is 12.2 Å². The maximum atomic E-state index is 13.8. The Morgan fingerprint density at radius 3 is 2.62 bits per heavy atom. The van der Waals surface area contributed by atoms with E-state index in [1.54, 1.807) is 11.3 Å². The molecule has 1 heterocycles. The molecule has 1 aromatic heterocycles. The molecule has 1 N–H and O–H groups in total. The van der Waals surface area contributed by atoms with Gasteiger partial charge in [-0.15, -0.1) is 0 Å². The Morgan fingerprint density at radius 2 is 2.05 bits per heavy atom. The predicted molar refractivity (Wildman–Crippen MR) is 76.5 cm³/mol. The fourth-order valence-electron chi connectivity index (χ4n) is 1.69. The number of hydrogen-bond donors (Lipinski definition) is 1. The van der Waals surface area contributed by atoms with Crippen molar-refractivity contribution in [2.45, 2.75) is 6.42 Å². The van der Waals surface area contributed by atoms with Gasteiger partial charge >= 0.3 is 5.97 Å². The molecule has 0 saturated heterocycles. The zero-order valence-electron chi connectivity index (χ0n) is 10.9. The molecular weight excluding hydrogens is 298 g/mol. The topological polar surface area (TPSA) is 46.5 Å². The van der Waals surface area contributed by atoms with Gasteiger partial charge in [-0.1, -0.05) is 0 Å². The normalized spacial score (nSPS) is 11.0. The van der Waals surface area contributed by atoms with Gasteiger partial charge in [0.25, 0.3) is 0 Å². The molecule has 2 rings (SSSR count). The van der Waals surface area contributed by atoms with Gasteiger partial charge in [-0.3, -0.25) is 0 Å². The molecule has 0 atom stereocenters. The van der Waals surface area contributed by atoms with Crippen molar-refractivity contribution in [3.8, 4) is 5.75 Å². The smallest absolute Gasteiger partial charge is 0.328 e. The summed E-state index contributed by atoms with van der Waals surface area (Å²) >= 11 is 1.54. The molecule has 0 radical (unpaired) electrons. The highest BCUT2D eigenvalue weighted by atomic mass is 32.1. The van der Waals surface area contributed by atoms with Gasteiger partial charge in [0.1, 0.15) is 0 Å². The maximum Gasteiger partial charge on any atom is 0.328 e. The summed E-state index contributed by atoms with van der Waals surface area (Å²) in [6.45, 7) is 0.162. The molecule has 110 valence electrons. The van der Waals surface area contributed by atoms with E-state index < -0.39 is 23.4 Å². The molecule has 2 aromatic rings. The van der Waals surface area contributed by atoms with Crippen molar-refractivity contribution >= 4 is 23.4 Å². The van der Waals surface area contributed by atoms with Crippen molar-refractivity contribution < 1.29 is 23.4 Å². The van der Waals surface area contributed by atoms with E-state index in [1.165, 1.54) is 0 Å². The summed E-state index contributed by atoms with van der Waals surface area (Å²) in [5, 5.41) is 12.3. The lowest BCUT2D eigenvalue weighted by molar-refractivity contribution is -0.131. The molecule has 0 aliphatic rings. The van der Waals surface area contributed by atoms with E-state index in [2.05, 4.69) is 0 Å². The fraction of sp³-hybridized carbons (Fsp3) is 0.133. The Kier molecular flexibility index (Phi) is 5.05. The van der Waals surface area contributed by atoms with Crippen LogP contribution in [0.15, 0.2) is 35.0 Å². The first-order valence-corrected chi connectivity index (χ1v) is 7.04. The van der Waals surface area contributed by atoms with Crippen molar-refractivity contribution in [2.75, 3.05) is 6.61 Å². The van der Waals surface area contributed by atoms with Crippen LogP contribution in [0.1, 0.15) is 11.1 Å². The number of carboxylic acids is 1. The number of rotatable bonds is 6. The molecule has 0 aliphatic carbocycles. The number of thiophene rings is 1. The standard InChI is InChI=1S/C15H12F2O3S/c16-12-7-11(1-2-14(18)19)8-13(17)15(12)20-5-3-10-4-6-21-9-10/h1-2,4,6-9H,3,5H2,(H,18,19). The van der Waals surface area contributed by atoms with Crippen LogP contribution in [-0.2, 0) is 11.2 Å². The molecule has 21 heavy (non-hydrogen) atoms. The lowest BCUT2D eigenvalue weighted by Crippen LogP contribution is -2.04. The van der Waals surface area contributed by atoms with Gasteiger partial charge in [-0.05, 0) is 46.2 Å². The third kappa shape index (κ3) is 4.39. The average Bonchev–Trinajstić information content (AvgIpc) is 2.92. The Balaban J connectivity index is 2.04. The van der Waals surface area contributed by atoms with Crippen molar-refractivity contribution in [1.29, 1.82) is 0 Å². The van der Waals surface area contributed by atoms with Crippen LogP contribution in [0.3, 0.4) is 0 Å². The highest BCUT2D eigenvalue weighted by Gasteiger charge is 2.12. The quantitative estimate of drug-likeness (QED) is 0.827. The number of hydrogen-bond acceptors (Lipinski definition) is 3. The lowest BCUT2D eigenvalue weighted by atomic mass is 10.2. The van der Waals surface area contributed by atoms with Crippen LogP contribution in [0.25, 0.3) is 6.08 Å². The average molecular weight is 310 g/mol. The van der Waals surface area contributed by atoms with E-state index in [9.17, 15) is 13.6 Å². The SMILES string of the molecule is O=C(O)C=Cc1cc(F)c(OCCc2ccsc2)c(F)c1. The molecule has 0 amide bonds. The van der Waals surface area contributed by atoms with E-state index in [0.29, 0.717) is 6.42 Å². The lowest BCUT2D eigenvalue weighted by Gasteiger charge is -2.08. The van der Waals surface area contributed by atoms with Crippen LogP contribution in [0, 0.1) is 11.6 Å². The molecule has 0 spiro atoms. The van der Waals surface area contributed by atoms with Crippen molar-refractivity contribution in [3.05, 3.63) is 57.8 Å². The maximum absolute atomic E-state index is 13.8. The minimum Gasteiger partial charge on any atom is -0.487 e. The Bertz CT molecular complexity index is 628. The van der Waals surface area contributed by atoms with Crippen LogP contribution >= 0.6 is 11.3 Å². The molecule has 1 aromatic carbocycles. The zero-order valence-corrected chi connectivity index (χ0v) is 11.7. The molecule has 0 aliphatic heterocycles. The van der Waals surface area contributed by atoms with Crippen molar-refractivity contribution in [1.82, 2.24) is 0 Å². The number of carbonyl (C=O) groups is 1. The van der Waals surface area contributed by atoms with E-state index in [1.807, 2.05) is 16.8 Å². The van der Waals surface area contributed by atoms with Gasteiger partial charge in [0, 0.05) is 12.5 Å². The second-order valence-corrected chi connectivity index (χ2v) is 5.00. The molecule has 0 saturated carbocycles. The monoisotopic (exact) mass is 310 g/mol. The third-order valence-corrected chi connectivity index (χ3v) is 3.39. The summed E-state index contributed by atoms with van der Waals surface area (Å²) in [6, 6.07) is 3.98. The predicted octanol–water partition coefficient (Wildman–Crippen LogP) is 3.75. The highest BCUT2D eigenvalue weighted by molar-refractivity contribution is 7.07. The molecule has 3 nitrogen and oxygen atoms in total. The first-order chi connectivity index (χ1) is 10.1. The molecule has 6 heteroatoms. The van der Waals surface area contributed by atoms with Gasteiger partial charge in [0.05, 0.1) is 6.61 Å². The summed E-state index contributed by atoms with van der Waals surface area (Å²) in [5.41, 5.74) is 1.17. The number of carboxylic acid groups (broad SMARTS) is 1. The van der Waals surface area contributed by atoms with E-state index in [4.69, 9.17) is 9.84 Å². The first kappa shape index (κ1) is 15.2. The minimum absolute atomic E-state index is 0.123. The van der Waals surface area contributed by atoms with Crippen LogP contribution in [0.5, 0.6) is 5.75 Å². The molecule has 0 unspecified atom stereocenters. The highest BCUT2D eigenvalue weighted by Crippen LogP contribution is 2.24. The van der Waals surface area contributed by atoms with Crippen LogP contribution in [0.2, 0.25) is 0 Å². The summed E-state index contributed by atoms with van der Waals surface area (Å²) < 4.78 is 32.6. The van der Waals surface area contributed by atoms with Crippen LogP contribution in [0.4, 0.5) is 8.78 Å². The van der Waals surface area contributed by atoms with Crippen molar-refractivity contribution in [2.24, 2.45) is 0 Å². The largest absolute Gasteiger partial charge is 0.487 e. The third-order valence-electron chi connectivity index (χ3n) is 2.66. The minimum atomic E-state index is -1.19. The van der Waals surface area contributed by atoms with Crippen LogP contribution in [-0.4, -0.2) is 17.7 Å². The van der Waals surface area contributed by atoms with Crippen LogP contribution < -0.4 is 4.74 Å². The zero-order chi connectivity index (χ0) is 15.2. The van der Waals surface area contributed by atoms with Crippen molar-refractivity contribution in [3.63, 3.8) is 0 Å². The van der Waals surface area contributed by atoms with Gasteiger partial charge in [0.2, 0.25) is 0 Å². The van der Waals surface area contributed by atoms with Gasteiger partial charge in [-0.2, -0.15) is 11.3 Å². The van der Waals surface area contributed by atoms with Gasteiger partial charge in [-0.25, -0.2) is 13.6 Å². The van der Waals surface area contributed by atoms with Gasteiger partial charge in [0.15, 0.2) is 17.4 Å². The second-order valence-electron chi connectivity index (χ2n) is 4.22. The summed E-state index contributed by atoms with van der Waals surface area (Å²) in [7, 11) is 0. The Morgan fingerprint density at radius 1 is 1.33 bits per heavy atom. The molecule has 0 fully saturated rings. The summed E-state index contributed by atoms with van der Waals surface area (Å²) in [5.74, 6) is -3.35. The molecule has 0 bridgehead atoms. The number of benzene rings is 1. The van der Waals surface area contributed by atoms with E-state index >= 15 is 0 Å². The second kappa shape index (κ2) is 6.99. The van der Waals surface area contributed by atoms with Gasteiger partial charge < -0.3 is 9.84 Å². The first-order valence-electron chi connectivity index (χ1n) is 6.10. The number of halogens is 2.